The average Bonchev–Trinajstić information content (AvgIpc) is 2.42. The highest BCUT2D eigenvalue weighted by atomic mass is 79.9. The molecule has 0 spiro atoms. The molecular weight excluding hydrogens is 386 g/mol. The molecular formula is C15H13Br2NO2. The fourth-order valence-electron chi connectivity index (χ4n) is 1.74. The molecule has 0 aromatic heterocycles. The Morgan fingerprint density at radius 2 is 1.85 bits per heavy atom. The summed E-state index contributed by atoms with van der Waals surface area (Å²) in [4.78, 5) is 12.2. The van der Waals surface area contributed by atoms with E-state index in [4.69, 9.17) is 4.74 Å². The second-order valence-electron chi connectivity index (χ2n) is 4.29. The van der Waals surface area contributed by atoms with Crippen LogP contribution < -0.4 is 10.1 Å². The molecule has 5 heteroatoms. The van der Waals surface area contributed by atoms with Crippen LogP contribution in [0.3, 0.4) is 0 Å². The van der Waals surface area contributed by atoms with E-state index < -0.39 is 0 Å². The van der Waals surface area contributed by atoms with Crippen molar-refractivity contribution in [1.82, 2.24) is 0 Å². The largest absolute Gasteiger partial charge is 0.496 e. The molecule has 0 saturated carbocycles. The molecule has 0 aliphatic carbocycles. The van der Waals surface area contributed by atoms with Crippen molar-refractivity contribution in [2.75, 3.05) is 12.4 Å². The summed E-state index contributed by atoms with van der Waals surface area (Å²) in [5, 5.41) is 2.88. The fourth-order valence-corrected chi connectivity index (χ4v) is 2.62. The zero-order valence-electron chi connectivity index (χ0n) is 11.0. The number of carbonyl (C=O) groups excluding carboxylic acids is 1. The minimum absolute atomic E-state index is 0.167. The number of rotatable bonds is 3. The number of benzene rings is 2. The van der Waals surface area contributed by atoms with E-state index in [0.717, 1.165) is 20.2 Å². The molecule has 104 valence electrons. The van der Waals surface area contributed by atoms with Crippen molar-refractivity contribution < 1.29 is 9.53 Å². The molecule has 0 heterocycles. The molecule has 0 aliphatic rings. The topological polar surface area (TPSA) is 38.3 Å². The van der Waals surface area contributed by atoms with Gasteiger partial charge in [0.2, 0.25) is 0 Å². The summed E-state index contributed by atoms with van der Waals surface area (Å²) in [6, 6.07) is 11.0. The van der Waals surface area contributed by atoms with Crippen molar-refractivity contribution >= 4 is 43.5 Å². The highest BCUT2D eigenvalue weighted by Crippen LogP contribution is 2.27. The van der Waals surface area contributed by atoms with Crippen LogP contribution in [0.2, 0.25) is 0 Å². The van der Waals surface area contributed by atoms with Crippen molar-refractivity contribution in [3.8, 4) is 5.75 Å². The van der Waals surface area contributed by atoms with Crippen molar-refractivity contribution in [3.63, 3.8) is 0 Å². The van der Waals surface area contributed by atoms with Gasteiger partial charge in [0.05, 0.1) is 17.3 Å². The Bertz CT molecular complexity index is 656. The number of hydrogen-bond acceptors (Lipinski definition) is 2. The Hall–Kier alpha value is -1.33. The quantitative estimate of drug-likeness (QED) is 0.807. The molecule has 1 amide bonds. The summed E-state index contributed by atoms with van der Waals surface area (Å²) in [6.07, 6.45) is 0. The molecule has 0 saturated heterocycles. The van der Waals surface area contributed by atoms with Gasteiger partial charge in [0.15, 0.2) is 0 Å². The monoisotopic (exact) mass is 397 g/mol. The molecule has 1 N–H and O–H groups in total. The van der Waals surface area contributed by atoms with Crippen molar-refractivity contribution in [3.05, 3.63) is 56.5 Å². The number of aryl methyl sites for hydroxylation is 1. The Morgan fingerprint density at radius 1 is 1.10 bits per heavy atom. The van der Waals surface area contributed by atoms with Crippen LogP contribution in [-0.2, 0) is 0 Å². The lowest BCUT2D eigenvalue weighted by Crippen LogP contribution is -2.12. The third-order valence-corrected chi connectivity index (χ3v) is 4.10. The standard InChI is InChI=1S/C15H13Br2NO2/c1-9-3-5-11(16)13(7-9)18-15(19)10-4-6-14(20-2)12(17)8-10/h3-8H,1-2H3,(H,18,19). The maximum atomic E-state index is 12.2. The molecule has 0 radical (unpaired) electrons. The Balaban J connectivity index is 2.24. The average molecular weight is 399 g/mol. The van der Waals surface area contributed by atoms with Crippen molar-refractivity contribution in [2.24, 2.45) is 0 Å². The number of ether oxygens (including phenoxy) is 1. The second kappa shape index (κ2) is 6.41. The van der Waals surface area contributed by atoms with Gasteiger partial charge in [0.25, 0.3) is 5.91 Å². The molecule has 3 nitrogen and oxygen atoms in total. The van der Waals surface area contributed by atoms with E-state index in [2.05, 4.69) is 37.2 Å². The van der Waals surface area contributed by atoms with Gasteiger partial charge in [0, 0.05) is 10.0 Å². The molecule has 20 heavy (non-hydrogen) atoms. The van der Waals surface area contributed by atoms with E-state index >= 15 is 0 Å². The van der Waals surface area contributed by atoms with E-state index in [-0.39, 0.29) is 5.91 Å². The highest BCUT2D eigenvalue weighted by Gasteiger charge is 2.10. The third-order valence-electron chi connectivity index (χ3n) is 2.78. The predicted octanol–water partition coefficient (Wildman–Crippen LogP) is 4.78. The van der Waals surface area contributed by atoms with E-state index in [1.807, 2.05) is 25.1 Å². The van der Waals surface area contributed by atoms with Crippen LogP contribution in [0, 0.1) is 6.92 Å². The number of carbonyl (C=O) groups is 1. The zero-order chi connectivity index (χ0) is 14.7. The van der Waals surface area contributed by atoms with Gasteiger partial charge in [-0.3, -0.25) is 4.79 Å². The molecule has 2 rings (SSSR count). The summed E-state index contributed by atoms with van der Waals surface area (Å²) in [5.41, 5.74) is 2.40. The molecule has 0 atom stereocenters. The second-order valence-corrected chi connectivity index (χ2v) is 6.00. The van der Waals surface area contributed by atoms with Crippen LogP contribution >= 0.6 is 31.9 Å². The first-order valence-corrected chi connectivity index (χ1v) is 7.51. The van der Waals surface area contributed by atoms with Gasteiger partial charge in [0.1, 0.15) is 5.75 Å². The smallest absolute Gasteiger partial charge is 0.255 e. The summed E-state index contributed by atoms with van der Waals surface area (Å²) in [7, 11) is 1.59. The first kappa shape index (κ1) is 15.1. The third kappa shape index (κ3) is 3.41. The lowest BCUT2D eigenvalue weighted by molar-refractivity contribution is 0.102. The minimum Gasteiger partial charge on any atom is -0.496 e. The molecule has 0 unspecified atom stereocenters. The van der Waals surface area contributed by atoms with Gasteiger partial charge >= 0.3 is 0 Å². The SMILES string of the molecule is COc1ccc(C(=O)Nc2cc(C)ccc2Br)cc1Br. The zero-order valence-corrected chi connectivity index (χ0v) is 14.2. The Labute approximate surface area is 134 Å². The van der Waals surface area contributed by atoms with Gasteiger partial charge in [-0.1, -0.05) is 6.07 Å². The number of anilines is 1. The number of methoxy groups -OCH3 is 1. The predicted molar refractivity (Wildman–Crippen MR) is 87.5 cm³/mol. The van der Waals surface area contributed by atoms with Crippen LogP contribution in [-0.4, -0.2) is 13.0 Å². The maximum Gasteiger partial charge on any atom is 0.255 e. The van der Waals surface area contributed by atoms with Gasteiger partial charge in [-0.15, -0.1) is 0 Å². The number of amides is 1. The maximum absolute atomic E-state index is 12.2. The fraction of sp³-hybridized carbons (Fsp3) is 0.133. The molecule has 2 aromatic carbocycles. The Kier molecular flexibility index (Phi) is 4.83. The first-order valence-electron chi connectivity index (χ1n) is 5.92. The van der Waals surface area contributed by atoms with Crippen LogP contribution in [0.5, 0.6) is 5.75 Å². The van der Waals surface area contributed by atoms with E-state index in [1.165, 1.54) is 0 Å². The van der Waals surface area contributed by atoms with Gasteiger partial charge in [-0.05, 0) is 74.7 Å². The van der Waals surface area contributed by atoms with Crippen molar-refractivity contribution in [2.45, 2.75) is 6.92 Å². The summed E-state index contributed by atoms with van der Waals surface area (Å²) < 4.78 is 6.74. The molecule has 0 bridgehead atoms. The molecule has 0 fully saturated rings. The van der Waals surface area contributed by atoms with Crippen LogP contribution in [0.1, 0.15) is 15.9 Å². The summed E-state index contributed by atoms with van der Waals surface area (Å²) >= 11 is 6.80. The highest BCUT2D eigenvalue weighted by molar-refractivity contribution is 9.11. The molecule has 2 aromatic rings. The van der Waals surface area contributed by atoms with Crippen molar-refractivity contribution in [1.29, 1.82) is 0 Å². The number of nitrogens with one attached hydrogen (secondary N) is 1. The summed E-state index contributed by atoms with van der Waals surface area (Å²) in [5.74, 6) is 0.526. The minimum atomic E-state index is -0.167. The lowest BCUT2D eigenvalue weighted by Gasteiger charge is -2.10. The van der Waals surface area contributed by atoms with Crippen LogP contribution in [0.4, 0.5) is 5.69 Å². The number of halogens is 2. The van der Waals surface area contributed by atoms with Gasteiger partial charge in [-0.25, -0.2) is 0 Å². The van der Waals surface area contributed by atoms with E-state index in [9.17, 15) is 4.79 Å². The molecule has 0 aliphatic heterocycles. The van der Waals surface area contributed by atoms with E-state index in [0.29, 0.717) is 11.3 Å². The van der Waals surface area contributed by atoms with Crippen LogP contribution in [0.25, 0.3) is 0 Å². The summed E-state index contributed by atoms with van der Waals surface area (Å²) in [6.45, 7) is 1.98. The van der Waals surface area contributed by atoms with Gasteiger partial charge in [-0.2, -0.15) is 0 Å². The van der Waals surface area contributed by atoms with Crippen LogP contribution in [0.15, 0.2) is 45.3 Å². The normalized spacial score (nSPS) is 10.2. The Morgan fingerprint density at radius 3 is 2.50 bits per heavy atom. The lowest BCUT2D eigenvalue weighted by atomic mass is 10.2. The first-order chi connectivity index (χ1) is 9.51. The van der Waals surface area contributed by atoms with Gasteiger partial charge < -0.3 is 10.1 Å². The number of hydrogen-bond donors (Lipinski definition) is 1. The van der Waals surface area contributed by atoms with E-state index in [1.54, 1.807) is 25.3 Å².